The van der Waals surface area contributed by atoms with E-state index in [0.717, 1.165) is 12.0 Å². The quantitative estimate of drug-likeness (QED) is 0.283. The Labute approximate surface area is 222 Å². The van der Waals surface area contributed by atoms with Crippen molar-refractivity contribution in [2.24, 2.45) is 7.05 Å². The molecule has 0 saturated heterocycles. The largest absolute Gasteiger partial charge is 0.493 e. The molecule has 11 heteroatoms. The molecule has 2 aromatic heterocycles. The highest BCUT2D eigenvalue weighted by atomic mass is 32.2. The van der Waals surface area contributed by atoms with Crippen molar-refractivity contribution in [1.82, 2.24) is 24.1 Å². The molecule has 0 unspecified atom stereocenters. The Morgan fingerprint density at radius 3 is 2.58 bits per heavy atom. The molecule has 0 fully saturated rings. The number of H-pyrrole nitrogens is 1. The summed E-state index contributed by atoms with van der Waals surface area (Å²) in [7, 11) is -2.27. The van der Waals surface area contributed by atoms with Crippen molar-refractivity contribution in [3.8, 4) is 17.1 Å². The van der Waals surface area contributed by atoms with Crippen LogP contribution in [0.2, 0.25) is 0 Å². The zero-order chi connectivity index (χ0) is 27.3. The second-order valence-electron chi connectivity index (χ2n) is 8.92. The molecule has 202 valence electrons. The van der Waals surface area contributed by atoms with Gasteiger partial charge in [-0.1, -0.05) is 43.7 Å². The third-order valence-electron chi connectivity index (χ3n) is 6.16. The third-order valence-corrected chi connectivity index (χ3v) is 8.00. The van der Waals surface area contributed by atoms with Crippen molar-refractivity contribution < 1.29 is 18.3 Å². The van der Waals surface area contributed by atoms with E-state index in [9.17, 15) is 18.3 Å². The molecule has 0 saturated carbocycles. The molecule has 4 aromatic rings. The summed E-state index contributed by atoms with van der Waals surface area (Å²) in [4.78, 5) is 20.6. The van der Waals surface area contributed by atoms with Gasteiger partial charge in [-0.15, -0.1) is 0 Å². The molecule has 0 aliphatic heterocycles. The molecular weight excluding hydrogens is 506 g/mol. The maximum atomic E-state index is 13.8. The van der Waals surface area contributed by atoms with Crippen LogP contribution < -0.4 is 10.3 Å². The number of aliphatic hydroxyl groups is 1. The summed E-state index contributed by atoms with van der Waals surface area (Å²) < 4.78 is 36.3. The lowest BCUT2D eigenvalue weighted by Gasteiger charge is -2.23. The zero-order valence-electron chi connectivity index (χ0n) is 21.8. The first-order valence-corrected chi connectivity index (χ1v) is 14.1. The highest BCUT2D eigenvalue weighted by Crippen LogP contribution is 2.32. The fourth-order valence-corrected chi connectivity index (χ4v) is 5.88. The van der Waals surface area contributed by atoms with Gasteiger partial charge in [-0.05, 0) is 43.5 Å². The summed E-state index contributed by atoms with van der Waals surface area (Å²) in [5.74, 6) is 0.609. The first-order valence-electron chi connectivity index (χ1n) is 12.7. The van der Waals surface area contributed by atoms with Crippen LogP contribution in [-0.4, -0.2) is 57.3 Å². The normalized spacial score (nSPS) is 11.9. The minimum absolute atomic E-state index is 0.0348. The number of nitrogens with one attached hydrogen (secondary N) is 1. The summed E-state index contributed by atoms with van der Waals surface area (Å²) in [5, 5.41) is 13.9. The van der Waals surface area contributed by atoms with Crippen molar-refractivity contribution in [2.45, 2.75) is 44.6 Å². The Kier molecular flexibility index (Phi) is 8.60. The maximum Gasteiger partial charge on any atom is 0.277 e. The molecule has 0 radical (unpaired) electrons. The number of hydrogen-bond donors (Lipinski definition) is 2. The second-order valence-corrected chi connectivity index (χ2v) is 10.9. The van der Waals surface area contributed by atoms with Crippen molar-refractivity contribution in [3.63, 3.8) is 0 Å². The van der Waals surface area contributed by atoms with Crippen LogP contribution in [0.15, 0.2) is 58.2 Å². The monoisotopic (exact) mass is 539 g/mol. The van der Waals surface area contributed by atoms with Crippen LogP contribution in [0.25, 0.3) is 22.4 Å². The van der Waals surface area contributed by atoms with Crippen LogP contribution in [-0.2, 0) is 30.0 Å². The van der Waals surface area contributed by atoms with Crippen LogP contribution in [0.4, 0.5) is 0 Å². The molecule has 0 bridgehead atoms. The zero-order valence-corrected chi connectivity index (χ0v) is 22.7. The van der Waals surface area contributed by atoms with Crippen LogP contribution in [0.1, 0.15) is 37.9 Å². The van der Waals surface area contributed by atoms with Crippen LogP contribution in [0.3, 0.4) is 0 Å². The molecule has 0 aliphatic carbocycles. The van der Waals surface area contributed by atoms with Gasteiger partial charge >= 0.3 is 0 Å². The van der Waals surface area contributed by atoms with Crippen molar-refractivity contribution in [2.75, 3.05) is 19.8 Å². The molecule has 0 aliphatic rings. The number of aromatic amines is 1. The lowest BCUT2D eigenvalue weighted by atomic mass is 10.1. The average molecular weight is 540 g/mol. The lowest BCUT2D eigenvalue weighted by molar-refractivity contribution is 0.267. The van der Waals surface area contributed by atoms with Crippen molar-refractivity contribution in [1.29, 1.82) is 0 Å². The molecule has 2 N–H and O–H groups in total. The molecule has 38 heavy (non-hydrogen) atoms. The average Bonchev–Trinajstić information content (AvgIpc) is 3.22. The molecule has 0 spiro atoms. The maximum absolute atomic E-state index is 13.8. The summed E-state index contributed by atoms with van der Waals surface area (Å²) in [5.41, 5.74) is 2.37. The molecule has 0 amide bonds. The molecule has 0 atom stereocenters. The number of sulfonamides is 1. The summed E-state index contributed by atoms with van der Waals surface area (Å²) >= 11 is 0. The van der Waals surface area contributed by atoms with E-state index in [1.54, 1.807) is 13.1 Å². The SMILES string of the molecule is CCCc1nn(C)c2c(=O)[nH]c(-c3cc(S(=O)(=O)N(CCCO)Cc4ccccc4)ccc3OCC)nc12. The number of hydrogen-bond acceptors (Lipinski definition) is 7. The number of aromatic nitrogens is 4. The van der Waals surface area contributed by atoms with Crippen LogP contribution >= 0.6 is 0 Å². The fourth-order valence-electron chi connectivity index (χ4n) is 4.38. The Balaban J connectivity index is 1.84. The van der Waals surface area contributed by atoms with Gasteiger partial charge < -0.3 is 14.8 Å². The number of aliphatic hydroxyl groups excluding tert-OH is 1. The first kappa shape index (κ1) is 27.5. The van der Waals surface area contributed by atoms with Crippen LogP contribution in [0, 0.1) is 0 Å². The van der Waals surface area contributed by atoms with Gasteiger partial charge in [-0.3, -0.25) is 9.48 Å². The highest BCUT2D eigenvalue weighted by molar-refractivity contribution is 7.89. The minimum Gasteiger partial charge on any atom is -0.493 e. The Bertz CT molecular complexity index is 1560. The predicted octanol–water partition coefficient (Wildman–Crippen LogP) is 3.25. The van der Waals surface area contributed by atoms with E-state index in [1.807, 2.05) is 44.2 Å². The molecule has 4 rings (SSSR count). The van der Waals surface area contributed by atoms with Gasteiger partial charge in [0.05, 0.1) is 22.8 Å². The smallest absolute Gasteiger partial charge is 0.277 e. The Hall–Kier alpha value is -3.54. The Morgan fingerprint density at radius 1 is 1.13 bits per heavy atom. The van der Waals surface area contributed by atoms with Gasteiger partial charge in [0.2, 0.25) is 10.0 Å². The van der Waals surface area contributed by atoms with E-state index < -0.39 is 10.0 Å². The fraction of sp³-hybridized carbons (Fsp3) is 0.370. The summed E-state index contributed by atoms with van der Waals surface area (Å²) in [6, 6.07) is 13.8. The molecule has 2 aromatic carbocycles. The summed E-state index contributed by atoms with van der Waals surface area (Å²) in [6.45, 7) is 4.36. The molecular formula is C27H33N5O5S. The highest BCUT2D eigenvalue weighted by Gasteiger charge is 2.27. The molecule has 10 nitrogen and oxygen atoms in total. The molecule has 2 heterocycles. The second kappa shape index (κ2) is 11.9. The first-order chi connectivity index (χ1) is 18.3. The van der Waals surface area contributed by atoms with Crippen LogP contribution in [0.5, 0.6) is 5.75 Å². The topological polar surface area (TPSA) is 130 Å². The summed E-state index contributed by atoms with van der Waals surface area (Å²) in [6.07, 6.45) is 1.78. The number of rotatable bonds is 12. The van der Waals surface area contributed by atoms with E-state index in [0.29, 0.717) is 47.5 Å². The van der Waals surface area contributed by atoms with Gasteiger partial charge in [0.25, 0.3) is 5.56 Å². The van der Waals surface area contributed by atoms with E-state index in [2.05, 4.69) is 10.1 Å². The lowest BCUT2D eigenvalue weighted by Crippen LogP contribution is -2.32. The minimum atomic E-state index is -3.97. The van der Waals surface area contributed by atoms with Gasteiger partial charge in [0, 0.05) is 26.7 Å². The van der Waals surface area contributed by atoms with E-state index in [1.165, 1.54) is 21.1 Å². The van der Waals surface area contributed by atoms with Gasteiger partial charge in [-0.25, -0.2) is 13.4 Å². The van der Waals surface area contributed by atoms with E-state index >= 15 is 0 Å². The van der Waals surface area contributed by atoms with Gasteiger partial charge in [0.1, 0.15) is 17.1 Å². The number of aryl methyl sites for hydroxylation is 2. The standard InChI is InChI=1S/C27H33N5O5S/c1-4-10-22-24-25(31(3)30-22)27(34)29-26(28-24)21-17-20(13-14-23(21)37-5-2)38(35,36)32(15-9-16-33)18-19-11-7-6-8-12-19/h6-8,11-14,17,33H,4-5,9-10,15-16,18H2,1-3H3,(H,28,29,34). The van der Waals surface area contributed by atoms with E-state index in [4.69, 9.17) is 9.72 Å². The Morgan fingerprint density at radius 2 is 1.89 bits per heavy atom. The van der Waals surface area contributed by atoms with E-state index in [-0.39, 0.29) is 36.0 Å². The third kappa shape index (κ3) is 5.64. The number of nitrogens with zero attached hydrogens (tertiary/aromatic N) is 4. The van der Waals surface area contributed by atoms with Crippen molar-refractivity contribution >= 4 is 21.1 Å². The number of fused-ring (bicyclic) bond motifs is 1. The van der Waals surface area contributed by atoms with Gasteiger partial charge in [0.15, 0.2) is 5.52 Å². The number of benzene rings is 2. The van der Waals surface area contributed by atoms with Gasteiger partial charge in [-0.2, -0.15) is 9.40 Å². The predicted molar refractivity (Wildman–Crippen MR) is 145 cm³/mol. The van der Waals surface area contributed by atoms with Crippen molar-refractivity contribution in [3.05, 3.63) is 70.1 Å². The number of ether oxygens (including phenoxy) is 1.